The Balaban J connectivity index is 2.03. The van der Waals surface area contributed by atoms with Crippen LogP contribution in [0.4, 0.5) is 10.1 Å². The van der Waals surface area contributed by atoms with Crippen LogP contribution in [0.15, 0.2) is 83.8 Å². The van der Waals surface area contributed by atoms with E-state index in [1.54, 1.807) is 30.3 Å². The third kappa shape index (κ3) is 6.98. The molecule has 7 nitrogen and oxygen atoms in total. The summed E-state index contributed by atoms with van der Waals surface area (Å²) < 4.78 is 41.9. The Morgan fingerprint density at radius 2 is 1.55 bits per heavy atom. The SMILES string of the molecule is CCCNC(=O)[C@H](CC)N(Cc1ccccc1C)C(=O)CN(c1ccccc1)S(=O)(=O)c1ccc(F)cc1. The molecule has 1 N–H and O–H groups in total. The highest BCUT2D eigenvalue weighted by atomic mass is 32.2. The summed E-state index contributed by atoms with van der Waals surface area (Å²) in [4.78, 5) is 28.3. The van der Waals surface area contributed by atoms with Crippen molar-refractivity contribution in [2.75, 3.05) is 17.4 Å². The van der Waals surface area contributed by atoms with Crippen molar-refractivity contribution >= 4 is 27.5 Å². The standard InChI is InChI=1S/C29H34FN3O4S/c1-4-19-31-29(35)27(5-2)32(20-23-12-10-9-11-22(23)3)28(34)21-33(25-13-7-6-8-14-25)38(36,37)26-17-15-24(30)16-18-26/h6-18,27H,4-5,19-21H2,1-3H3,(H,31,35)/t27-/m0/s1. The minimum atomic E-state index is -4.23. The lowest BCUT2D eigenvalue weighted by atomic mass is 10.1. The lowest BCUT2D eigenvalue weighted by Gasteiger charge is -2.33. The van der Waals surface area contributed by atoms with Crippen molar-refractivity contribution in [3.8, 4) is 0 Å². The quantitative estimate of drug-likeness (QED) is 0.363. The van der Waals surface area contributed by atoms with Gasteiger partial charge in [-0.15, -0.1) is 0 Å². The maximum Gasteiger partial charge on any atom is 0.264 e. The van der Waals surface area contributed by atoms with Gasteiger partial charge >= 0.3 is 0 Å². The zero-order valence-electron chi connectivity index (χ0n) is 21.9. The number of rotatable bonds is 12. The van der Waals surface area contributed by atoms with Gasteiger partial charge in [-0.25, -0.2) is 12.8 Å². The van der Waals surface area contributed by atoms with Crippen molar-refractivity contribution < 1.29 is 22.4 Å². The average Bonchev–Trinajstić information content (AvgIpc) is 2.92. The van der Waals surface area contributed by atoms with Crippen molar-refractivity contribution in [3.05, 3.63) is 95.8 Å². The minimum Gasteiger partial charge on any atom is -0.354 e. The van der Waals surface area contributed by atoms with Gasteiger partial charge in [0.1, 0.15) is 18.4 Å². The second kappa shape index (κ2) is 13.2. The van der Waals surface area contributed by atoms with E-state index in [0.29, 0.717) is 13.0 Å². The third-order valence-electron chi connectivity index (χ3n) is 6.26. The number of halogens is 1. The molecule has 202 valence electrons. The van der Waals surface area contributed by atoms with Gasteiger partial charge in [-0.05, 0) is 67.3 Å². The van der Waals surface area contributed by atoms with Crippen LogP contribution < -0.4 is 9.62 Å². The minimum absolute atomic E-state index is 0.142. The van der Waals surface area contributed by atoms with Crippen LogP contribution in [-0.2, 0) is 26.2 Å². The number of hydrogen-bond donors (Lipinski definition) is 1. The molecular formula is C29H34FN3O4S. The molecule has 0 radical (unpaired) electrons. The number of sulfonamides is 1. The number of nitrogens with one attached hydrogen (secondary N) is 1. The third-order valence-corrected chi connectivity index (χ3v) is 8.05. The molecule has 0 heterocycles. The summed E-state index contributed by atoms with van der Waals surface area (Å²) in [6.45, 7) is 5.76. The van der Waals surface area contributed by atoms with E-state index in [-0.39, 0.29) is 23.0 Å². The fourth-order valence-electron chi connectivity index (χ4n) is 4.11. The Kier molecular flexibility index (Phi) is 10.0. The van der Waals surface area contributed by atoms with Gasteiger partial charge in [0.25, 0.3) is 10.0 Å². The molecule has 3 aromatic carbocycles. The van der Waals surface area contributed by atoms with Crippen LogP contribution in [0.5, 0.6) is 0 Å². The monoisotopic (exact) mass is 539 g/mol. The highest BCUT2D eigenvalue weighted by Crippen LogP contribution is 2.25. The Morgan fingerprint density at radius 1 is 0.921 bits per heavy atom. The fourth-order valence-corrected chi connectivity index (χ4v) is 5.53. The van der Waals surface area contributed by atoms with Crippen LogP contribution in [0, 0.1) is 12.7 Å². The summed E-state index contributed by atoms with van der Waals surface area (Å²) in [5.74, 6) is -1.38. The molecule has 3 aromatic rings. The summed E-state index contributed by atoms with van der Waals surface area (Å²) in [6, 6.07) is 19.5. The number of benzene rings is 3. The first kappa shape index (κ1) is 28.8. The molecule has 9 heteroatoms. The van der Waals surface area contributed by atoms with Crippen LogP contribution in [0.2, 0.25) is 0 Å². The number of carbonyl (C=O) groups is 2. The Hall–Kier alpha value is -3.72. The maximum atomic E-state index is 13.9. The molecule has 0 aromatic heterocycles. The summed E-state index contributed by atoms with van der Waals surface area (Å²) >= 11 is 0. The second-order valence-corrected chi connectivity index (χ2v) is 10.8. The van der Waals surface area contributed by atoms with Crippen LogP contribution in [0.1, 0.15) is 37.8 Å². The van der Waals surface area contributed by atoms with Gasteiger partial charge in [-0.2, -0.15) is 0 Å². The molecule has 0 unspecified atom stereocenters. The van der Waals surface area contributed by atoms with Crippen molar-refractivity contribution in [3.63, 3.8) is 0 Å². The highest BCUT2D eigenvalue weighted by Gasteiger charge is 2.33. The number of anilines is 1. The number of amides is 2. The lowest BCUT2D eigenvalue weighted by molar-refractivity contribution is -0.140. The van der Waals surface area contributed by atoms with Crippen LogP contribution in [0.3, 0.4) is 0 Å². The van der Waals surface area contributed by atoms with Gasteiger partial charge in [-0.1, -0.05) is 56.3 Å². The molecule has 38 heavy (non-hydrogen) atoms. The first-order chi connectivity index (χ1) is 18.2. The van der Waals surface area contributed by atoms with E-state index in [1.165, 1.54) is 17.0 Å². The summed E-state index contributed by atoms with van der Waals surface area (Å²) in [7, 11) is -4.23. The van der Waals surface area contributed by atoms with E-state index in [1.807, 2.05) is 45.0 Å². The van der Waals surface area contributed by atoms with Gasteiger partial charge < -0.3 is 10.2 Å². The number of hydrogen-bond acceptors (Lipinski definition) is 4. The predicted molar refractivity (Wildman–Crippen MR) is 146 cm³/mol. The van der Waals surface area contributed by atoms with Crippen LogP contribution in [-0.4, -0.2) is 44.3 Å². The predicted octanol–water partition coefficient (Wildman–Crippen LogP) is 4.66. The summed E-state index contributed by atoms with van der Waals surface area (Å²) in [6.07, 6.45) is 1.09. The lowest BCUT2D eigenvalue weighted by Crippen LogP contribution is -2.52. The highest BCUT2D eigenvalue weighted by molar-refractivity contribution is 7.92. The molecule has 0 aliphatic carbocycles. The normalized spacial score (nSPS) is 12.0. The van der Waals surface area contributed by atoms with E-state index in [0.717, 1.165) is 34.0 Å². The molecule has 0 aliphatic heterocycles. The first-order valence-corrected chi connectivity index (χ1v) is 14.1. The maximum absolute atomic E-state index is 13.9. The number of carbonyl (C=O) groups excluding carboxylic acids is 2. The molecule has 2 amide bonds. The number of nitrogens with zero attached hydrogens (tertiary/aromatic N) is 2. The largest absolute Gasteiger partial charge is 0.354 e. The number of para-hydroxylation sites is 1. The van der Waals surface area contributed by atoms with Gasteiger partial charge in [0.05, 0.1) is 10.6 Å². The second-order valence-electron chi connectivity index (χ2n) is 8.96. The molecule has 0 spiro atoms. The van der Waals surface area contributed by atoms with Gasteiger partial charge in [0, 0.05) is 13.1 Å². The molecule has 0 bridgehead atoms. The van der Waals surface area contributed by atoms with Gasteiger partial charge in [0.15, 0.2) is 0 Å². The summed E-state index contributed by atoms with van der Waals surface area (Å²) in [5, 5.41) is 2.87. The first-order valence-electron chi connectivity index (χ1n) is 12.6. The van der Waals surface area contributed by atoms with E-state index < -0.39 is 34.3 Å². The van der Waals surface area contributed by atoms with Gasteiger partial charge in [-0.3, -0.25) is 13.9 Å². The number of aryl methyl sites for hydroxylation is 1. The zero-order valence-corrected chi connectivity index (χ0v) is 22.7. The molecule has 0 aliphatic rings. The summed E-state index contributed by atoms with van der Waals surface area (Å²) in [5.41, 5.74) is 2.09. The average molecular weight is 540 g/mol. The molecule has 0 saturated heterocycles. The van der Waals surface area contributed by atoms with Crippen LogP contribution in [0.25, 0.3) is 0 Å². The van der Waals surface area contributed by atoms with E-state index in [9.17, 15) is 22.4 Å². The van der Waals surface area contributed by atoms with Crippen LogP contribution >= 0.6 is 0 Å². The van der Waals surface area contributed by atoms with E-state index >= 15 is 0 Å². The zero-order chi connectivity index (χ0) is 27.7. The van der Waals surface area contributed by atoms with Gasteiger partial charge in [0.2, 0.25) is 11.8 Å². The van der Waals surface area contributed by atoms with E-state index in [4.69, 9.17) is 0 Å². The molecule has 0 saturated carbocycles. The Bertz CT molecular complexity index is 1330. The smallest absolute Gasteiger partial charge is 0.264 e. The Morgan fingerprint density at radius 3 is 2.16 bits per heavy atom. The molecule has 0 fully saturated rings. The topological polar surface area (TPSA) is 86.8 Å². The van der Waals surface area contributed by atoms with Crippen molar-refractivity contribution in [2.45, 2.75) is 51.1 Å². The molecule has 3 rings (SSSR count). The van der Waals surface area contributed by atoms with Crippen molar-refractivity contribution in [2.24, 2.45) is 0 Å². The molecular weight excluding hydrogens is 505 g/mol. The molecule has 1 atom stereocenters. The Labute approximate surface area is 224 Å². The van der Waals surface area contributed by atoms with Crippen molar-refractivity contribution in [1.29, 1.82) is 0 Å². The fraction of sp³-hybridized carbons (Fsp3) is 0.310. The van der Waals surface area contributed by atoms with Crippen molar-refractivity contribution in [1.82, 2.24) is 10.2 Å². The van der Waals surface area contributed by atoms with E-state index in [2.05, 4.69) is 5.32 Å².